The number of hydrogen-bond donors (Lipinski definition) is 2. The highest BCUT2D eigenvalue weighted by atomic mass is 16.3. The fourth-order valence-electron chi connectivity index (χ4n) is 2.17. The Labute approximate surface area is 98.0 Å². The highest BCUT2D eigenvalue weighted by molar-refractivity contribution is 5.82. The van der Waals surface area contributed by atoms with Crippen LogP contribution in [-0.2, 0) is 4.79 Å². The summed E-state index contributed by atoms with van der Waals surface area (Å²) in [6.45, 7) is 9.46. The van der Waals surface area contributed by atoms with Crippen molar-refractivity contribution in [2.75, 3.05) is 19.6 Å². The Balaban J connectivity index is 2.62. The highest BCUT2D eigenvalue weighted by Gasteiger charge is 2.33. The molecule has 1 fully saturated rings. The van der Waals surface area contributed by atoms with Gasteiger partial charge in [0.05, 0.1) is 11.6 Å². The molecule has 16 heavy (non-hydrogen) atoms. The minimum Gasteiger partial charge on any atom is -0.389 e. The topological polar surface area (TPSA) is 52.6 Å². The van der Waals surface area contributed by atoms with Crippen molar-refractivity contribution in [2.45, 2.75) is 45.8 Å². The molecule has 1 heterocycles. The standard InChI is InChI=1S/C12H24N2O2/c1-5-14(8-12(3,4)16)11(15)10-9(2)6-7-13-10/h9-10,13,16H,5-8H2,1-4H3. The number of nitrogens with one attached hydrogen (secondary N) is 1. The molecule has 0 aromatic rings. The van der Waals surface area contributed by atoms with Crippen LogP contribution in [0.5, 0.6) is 0 Å². The predicted molar refractivity (Wildman–Crippen MR) is 64.1 cm³/mol. The average Bonchev–Trinajstić information content (AvgIpc) is 2.58. The summed E-state index contributed by atoms with van der Waals surface area (Å²) in [7, 11) is 0. The summed E-state index contributed by atoms with van der Waals surface area (Å²) in [6, 6.07) is -0.0673. The maximum atomic E-state index is 12.2. The fraction of sp³-hybridized carbons (Fsp3) is 0.917. The molecule has 1 aliphatic rings. The van der Waals surface area contributed by atoms with Gasteiger partial charge in [-0.1, -0.05) is 6.92 Å². The molecule has 1 saturated heterocycles. The second-order valence-electron chi connectivity index (χ2n) is 5.36. The molecule has 0 saturated carbocycles. The lowest BCUT2D eigenvalue weighted by Gasteiger charge is -2.31. The maximum absolute atomic E-state index is 12.2. The molecule has 94 valence electrons. The lowest BCUT2D eigenvalue weighted by molar-refractivity contribution is -0.136. The van der Waals surface area contributed by atoms with Gasteiger partial charge in [-0.3, -0.25) is 4.79 Å². The minimum absolute atomic E-state index is 0.0673. The van der Waals surface area contributed by atoms with Crippen molar-refractivity contribution in [2.24, 2.45) is 5.92 Å². The number of rotatable bonds is 4. The third-order valence-electron chi connectivity index (χ3n) is 3.07. The number of amides is 1. The van der Waals surface area contributed by atoms with Gasteiger partial charge in [-0.05, 0) is 39.7 Å². The zero-order chi connectivity index (χ0) is 12.3. The normalized spacial score (nSPS) is 25.8. The molecule has 0 spiro atoms. The van der Waals surface area contributed by atoms with Crippen LogP contribution in [0.3, 0.4) is 0 Å². The van der Waals surface area contributed by atoms with E-state index < -0.39 is 5.60 Å². The van der Waals surface area contributed by atoms with E-state index in [4.69, 9.17) is 0 Å². The van der Waals surface area contributed by atoms with Crippen LogP contribution in [0.4, 0.5) is 0 Å². The first-order valence-corrected chi connectivity index (χ1v) is 6.09. The van der Waals surface area contributed by atoms with Gasteiger partial charge < -0.3 is 15.3 Å². The van der Waals surface area contributed by atoms with Gasteiger partial charge in [0.1, 0.15) is 0 Å². The molecular weight excluding hydrogens is 204 g/mol. The van der Waals surface area contributed by atoms with Gasteiger partial charge in [-0.25, -0.2) is 0 Å². The van der Waals surface area contributed by atoms with Gasteiger partial charge in [0.2, 0.25) is 5.91 Å². The van der Waals surface area contributed by atoms with Crippen molar-refractivity contribution in [1.29, 1.82) is 0 Å². The van der Waals surface area contributed by atoms with E-state index in [-0.39, 0.29) is 11.9 Å². The Bertz CT molecular complexity index is 248. The van der Waals surface area contributed by atoms with Gasteiger partial charge in [0.15, 0.2) is 0 Å². The van der Waals surface area contributed by atoms with Crippen molar-refractivity contribution in [3.63, 3.8) is 0 Å². The first-order chi connectivity index (χ1) is 7.35. The fourth-order valence-corrected chi connectivity index (χ4v) is 2.17. The number of nitrogens with zero attached hydrogens (tertiary/aromatic N) is 1. The van der Waals surface area contributed by atoms with Crippen LogP contribution < -0.4 is 5.32 Å². The smallest absolute Gasteiger partial charge is 0.240 e. The Morgan fingerprint density at radius 2 is 2.19 bits per heavy atom. The molecule has 4 nitrogen and oxygen atoms in total. The molecule has 2 unspecified atom stereocenters. The first-order valence-electron chi connectivity index (χ1n) is 6.09. The monoisotopic (exact) mass is 228 g/mol. The SMILES string of the molecule is CCN(CC(C)(C)O)C(=O)C1NCCC1C. The number of hydrogen-bond acceptors (Lipinski definition) is 3. The molecule has 0 bridgehead atoms. The molecule has 4 heteroatoms. The molecular formula is C12H24N2O2. The van der Waals surface area contributed by atoms with Crippen molar-refractivity contribution >= 4 is 5.91 Å². The third-order valence-corrected chi connectivity index (χ3v) is 3.07. The molecule has 0 aromatic carbocycles. The van der Waals surface area contributed by atoms with Gasteiger partial charge in [-0.15, -0.1) is 0 Å². The lowest BCUT2D eigenvalue weighted by atomic mass is 10.0. The van der Waals surface area contributed by atoms with E-state index in [9.17, 15) is 9.90 Å². The first kappa shape index (κ1) is 13.5. The van der Waals surface area contributed by atoms with E-state index in [1.165, 1.54) is 0 Å². The van der Waals surface area contributed by atoms with Gasteiger partial charge in [0.25, 0.3) is 0 Å². The average molecular weight is 228 g/mol. The summed E-state index contributed by atoms with van der Waals surface area (Å²) < 4.78 is 0. The van der Waals surface area contributed by atoms with E-state index in [1.807, 2.05) is 6.92 Å². The van der Waals surface area contributed by atoms with Crippen molar-refractivity contribution < 1.29 is 9.90 Å². The molecule has 1 amide bonds. The maximum Gasteiger partial charge on any atom is 0.240 e. The number of carbonyl (C=O) groups is 1. The van der Waals surface area contributed by atoms with Crippen LogP contribution in [0.15, 0.2) is 0 Å². The summed E-state index contributed by atoms with van der Waals surface area (Å²) in [5.74, 6) is 0.512. The second-order valence-corrected chi connectivity index (χ2v) is 5.36. The molecule has 0 aromatic heterocycles. The van der Waals surface area contributed by atoms with Crippen LogP contribution in [-0.4, -0.2) is 47.2 Å². The largest absolute Gasteiger partial charge is 0.389 e. The number of carbonyl (C=O) groups excluding carboxylic acids is 1. The summed E-state index contributed by atoms with van der Waals surface area (Å²) in [5.41, 5.74) is -0.826. The van der Waals surface area contributed by atoms with Crippen molar-refractivity contribution in [1.82, 2.24) is 10.2 Å². The summed E-state index contributed by atoms with van der Waals surface area (Å²) >= 11 is 0. The van der Waals surface area contributed by atoms with Gasteiger partial charge >= 0.3 is 0 Å². The molecule has 0 radical (unpaired) electrons. The van der Waals surface area contributed by atoms with E-state index in [0.717, 1.165) is 13.0 Å². The van der Waals surface area contributed by atoms with Crippen molar-refractivity contribution in [3.8, 4) is 0 Å². The Kier molecular flexibility index (Phi) is 4.33. The number of aliphatic hydroxyl groups is 1. The second kappa shape index (κ2) is 5.15. The summed E-state index contributed by atoms with van der Waals surface area (Å²) in [5, 5.41) is 13.0. The summed E-state index contributed by atoms with van der Waals surface area (Å²) in [6.07, 6.45) is 1.05. The Morgan fingerprint density at radius 3 is 2.56 bits per heavy atom. The van der Waals surface area contributed by atoms with Crippen LogP contribution >= 0.6 is 0 Å². The molecule has 2 atom stereocenters. The zero-order valence-electron chi connectivity index (χ0n) is 10.8. The quantitative estimate of drug-likeness (QED) is 0.741. The van der Waals surface area contributed by atoms with E-state index >= 15 is 0 Å². The summed E-state index contributed by atoms with van der Waals surface area (Å²) in [4.78, 5) is 14.0. The van der Waals surface area contributed by atoms with Gasteiger partial charge in [-0.2, -0.15) is 0 Å². The van der Waals surface area contributed by atoms with Crippen LogP contribution in [0.1, 0.15) is 34.1 Å². The number of likely N-dealkylation sites (N-methyl/N-ethyl adjacent to an activating group) is 1. The molecule has 1 rings (SSSR count). The van der Waals surface area contributed by atoms with Crippen LogP contribution in [0.25, 0.3) is 0 Å². The third kappa shape index (κ3) is 3.46. The van der Waals surface area contributed by atoms with Crippen LogP contribution in [0.2, 0.25) is 0 Å². The molecule has 2 N–H and O–H groups in total. The van der Waals surface area contributed by atoms with Gasteiger partial charge in [0, 0.05) is 13.1 Å². The minimum atomic E-state index is -0.826. The molecule has 1 aliphatic heterocycles. The van der Waals surface area contributed by atoms with Crippen LogP contribution in [0, 0.1) is 5.92 Å². The molecule has 0 aliphatic carbocycles. The van der Waals surface area contributed by atoms with E-state index in [0.29, 0.717) is 19.0 Å². The van der Waals surface area contributed by atoms with E-state index in [2.05, 4.69) is 12.2 Å². The highest BCUT2D eigenvalue weighted by Crippen LogP contribution is 2.17. The predicted octanol–water partition coefficient (Wildman–Crippen LogP) is 0.604. The lowest BCUT2D eigenvalue weighted by Crippen LogP contribution is -2.50. The van der Waals surface area contributed by atoms with Crippen molar-refractivity contribution in [3.05, 3.63) is 0 Å². The van der Waals surface area contributed by atoms with E-state index in [1.54, 1.807) is 18.7 Å². The zero-order valence-corrected chi connectivity index (χ0v) is 10.8. The Morgan fingerprint density at radius 1 is 1.56 bits per heavy atom. The Hall–Kier alpha value is -0.610.